The molecule has 0 aromatic heterocycles. The summed E-state index contributed by atoms with van der Waals surface area (Å²) in [7, 11) is 0. The van der Waals surface area contributed by atoms with Crippen LogP contribution >= 0.6 is 0 Å². The van der Waals surface area contributed by atoms with E-state index in [9.17, 15) is 0 Å². The van der Waals surface area contributed by atoms with Gasteiger partial charge < -0.3 is 16.0 Å². The smallest absolute Gasteiger partial charge is 0.130 e. The maximum atomic E-state index is 6.83. The number of nitrogens with one attached hydrogen (secondary N) is 3. The molecule has 6 aromatic carbocycles. The largest absolute Gasteiger partial charge is 0.359 e. The van der Waals surface area contributed by atoms with E-state index >= 15 is 0 Å². The van der Waals surface area contributed by atoms with Crippen LogP contribution in [0.5, 0.6) is 0 Å². The number of nitrogens with zero attached hydrogens (tertiary/aromatic N) is 1. The lowest BCUT2D eigenvalue weighted by Crippen LogP contribution is -2.41. The fraction of sp³-hybridized carbons (Fsp3) is 0.122. The number of hydrogen-bond acceptors (Lipinski definition) is 5. The number of hydrogen-bond donors (Lipinski definition) is 4. The molecule has 1 aliphatic heterocycles. The van der Waals surface area contributed by atoms with Gasteiger partial charge in [0.05, 0.1) is 23.7 Å². The van der Waals surface area contributed by atoms with Crippen LogP contribution in [0.1, 0.15) is 53.7 Å². The maximum absolute atomic E-state index is 6.83. The molecule has 0 bridgehead atoms. The second kappa shape index (κ2) is 13.4. The first kappa shape index (κ1) is 29.5. The van der Waals surface area contributed by atoms with Gasteiger partial charge in [0, 0.05) is 11.7 Å². The number of anilines is 3. The van der Waals surface area contributed by atoms with Gasteiger partial charge in [-0.2, -0.15) is 0 Å². The second-order valence-corrected chi connectivity index (χ2v) is 11.8. The highest BCUT2D eigenvalue weighted by atomic mass is 15.3. The Labute approximate surface area is 271 Å². The van der Waals surface area contributed by atoms with Crippen molar-refractivity contribution in [3.63, 3.8) is 0 Å². The van der Waals surface area contributed by atoms with E-state index in [0.29, 0.717) is 0 Å². The molecule has 6 aromatic rings. The summed E-state index contributed by atoms with van der Waals surface area (Å²) in [4.78, 5) is 2.37. The maximum Gasteiger partial charge on any atom is 0.130 e. The average Bonchev–Trinajstić information content (AvgIpc) is 3.52. The van der Waals surface area contributed by atoms with Crippen molar-refractivity contribution >= 4 is 17.1 Å². The summed E-state index contributed by atoms with van der Waals surface area (Å²) in [5.41, 5.74) is 17.2. The van der Waals surface area contributed by atoms with Crippen LogP contribution in [0.2, 0.25) is 0 Å². The summed E-state index contributed by atoms with van der Waals surface area (Å²) in [5, 5.41) is 11.2. The quantitative estimate of drug-likeness (QED) is 0.118. The molecule has 0 radical (unpaired) electrons. The van der Waals surface area contributed by atoms with Gasteiger partial charge in [0.25, 0.3) is 0 Å². The number of fused-ring (bicyclic) bond motifs is 1. The van der Waals surface area contributed by atoms with Crippen molar-refractivity contribution in [3.05, 3.63) is 186 Å². The van der Waals surface area contributed by atoms with Crippen molar-refractivity contribution in [3.8, 4) is 11.1 Å². The third-order valence-electron chi connectivity index (χ3n) is 8.75. The van der Waals surface area contributed by atoms with Crippen molar-refractivity contribution in [2.24, 2.45) is 5.73 Å². The molecule has 1 aliphatic rings. The molecule has 5 nitrogen and oxygen atoms in total. The molecule has 4 unspecified atom stereocenters. The Balaban J connectivity index is 1.13. The topological polar surface area (TPSA) is 65.3 Å². The van der Waals surface area contributed by atoms with Crippen molar-refractivity contribution in [1.29, 1.82) is 0 Å². The van der Waals surface area contributed by atoms with Crippen LogP contribution in [0.4, 0.5) is 17.1 Å². The second-order valence-electron chi connectivity index (χ2n) is 11.8. The lowest BCUT2D eigenvalue weighted by atomic mass is 10.0. The van der Waals surface area contributed by atoms with Crippen LogP contribution in [0, 0.1) is 0 Å². The first-order valence-corrected chi connectivity index (χ1v) is 15.9. The molecule has 228 valence electrons. The Morgan fingerprint density at radius 1 is 0.587 bits per heavy atom. The SMILES string of the molecule is CC(NC(NC(N)c1ccc(C2Nc3cc(-c4ccccc4)ccc3N2c2ccccc2)cc1)c1ccccc1)c1ccccc1. The Bertz CT molecular complexity index is 1840. The van der Waals surface area contributed by atoms with Crippen LogP contribution < -0.4 is 26.6 Å². The van der Waals surface area contributed by atoms with Gasteiger partial charge in [-0.1, -0.05) is 140 Å². The molecular weight excluding hydrogens is 562 g/mol. The van der Waals surface area contributed by atoms with E-state index in [1.807, 2.05) is 12.1 Å². The van der Waals surface area contributed by atoms with Gasteiger partial charge in [0.2, 0.25) is 0 Å². The molecule has 0 spiro atoms. The summed E-state index contributed by atoms with van der Waals surface area (Å²) in [6, 6.07) is 57.5. The molecule has 4 atom stereocenters. The highest BCUT2D eigenvalue weighted by Crippen LogP contribution is 2.47. The molecule has 0 aliphatic carbocycles. The Morgan fingerprint density at radius 3 is 1.83 bits per heavy atom. The van der Waals surface area contributed by atoms with Gasteiger partial charge >= 0.3 is 0 Å². The van der Waals surface area contributed by atoms with Crippen molar-refractivity contribution in [2.45, 2.75) is 31.5 Å². The summed E-state index contributed by atoms with van der Waals surface area (Å²) in [6.45, 7) is 2.18. The van der Waals surface area contributed by atoms with E-state index in [0.717, 1.165) is 33.8 Å². The van der Waals surface area contributed by atoms with Gasteiger partial charge in [-0.25, -0.2) is 0 Å². The van der Waals surface area contributed by atoms with Gasteiger partial charge in [-0.15, -0.1) is 0 Å². The predicted octanol–water partition coefficient (Wildman–Crippen LogP) is 9.21. The number of para-hydroxylation sites is 1. The summed E-state index contributed by atoms with van der Waals surface area (Å²) in [6.07, 6.45) is -0.571. The van der Waals surface area contributed by atoms with E-state index in [1.165, 1.54) is 16.7 Å². The third kappa shape index (κ3) is 6.30. The minimum Gasteiger partial charge on any atom is -0.359 e. The molecule has 0 saturated heterocycles. The van der Waals surface area contributed by atoms with Crippen molar-refractivity contribution in [2.75, 3.05) is 10.2 Å². The molecular formula is C41H39N5. The molecule has 7 rings (SSSR count). The zero-order valence-corrected chi connectivity index (χ0v) is 25.9. The Morgan fingerprint density at radius 2 is 1.17 bits per heavy atom. The van der Waals surface area contributed by atoms with E-state index < -0.39 is 0 Å². The predicted molar refractivity (Wildman–Crippen MR) is 191 cm³/mol. The average molecular weight is 602 g/mol. The van der Waals surface area contributed by atoms with E-state index in [1.54, 1.807) is 0 Å². The highest BCUT2D eigenvalue weighted by Gasteiger charge is 2.31. The number of nitrogens with two attached hydrogens (primary N) is 1. The number of benzene rings is 6. The van der Waals surface area contributed by atoms with Crippen LogP contribution in [0.15, 0.2) is 164 Å². The van der Waals surface area contributed by atoms with Gasteiger partial charge in [-0.05, 0) is 64.6 Å². The summed E-state index contributed by atoms with van der Waals surface area (Å²) in [5.74, 6) is 0. The molecule has 0 fully saturated rings. The lowest BCUT2D eigenvalue weighted by Gasteiger charge is -2.29. The van der Waals surface area contributed by atoms with Gasteiger partial charge in [0.15, 0.2) is 0 Å². The first-order valence-electron chi connectivity index (χ1n) is 15.9. The Kier molecular flexibility index (Phi) is 8.61. The zero-order valence-electron chi connectivity index (χ0n) is 25.9. The third-order valence-corrected chi connectivity index (χ3v) is 8.75. The highest BCUT2D eigenvalue weighted by molar-refractivity contribution is 5.86. The summed E-state index contributed by atoms with van der Waals surface area (Å²) < 4.78 is 0. The molecule has 46 heavy (non-hydrogen) atoms. The molecule has 1 heterocycles. The minimum absolute atomic E-state index is 0.0629. The molecule has 0 amide bonds. The number of rotatable bonds is 10. The fourth-order valence-electron chi connectivity index (χ4n) is 6.27. The van der Waals surface area contributed by atoms with Crippen LogP contribution in [-0.2, 0) is 0 Å². The zero-order chi connectivity index (χ0) is 31.3. The van der Waals surface area contributed by atoms with Gasteiger partial charge in [0.1, 0.15) is 6.17 Å². The molecule has 5 heteroatoms. The van der Waals surface area contributed by atoms with E-state index in [2.05, 4.69) is 179 Å². The standard InChI is InChI=1S/C41H39N5/c1-29(30-14-6-2-7-15-30)43-40(33-18-10-4-11-19-33)45-39(42)32-22-24-34(25-23-32)41-44-37-28-35(31-16-8-3-9-17-31)26-27-38(37)46(41)36-20-12-5-13-21-36/h2-29,39-41,43-45H,42H2,1H3. The first-order chi connectivity index (χ1) is 22.6. The van der Waals surface area contributed by atoms with E-state index in [4.69, 9.17) is 5.73 Å². The molecule has 5 N–H and O–H groups in total. The van der Waals surface area contributed by atoms with Crippen LogP contribution in [0.3, 0.4) is 0 Å². The van der Waals surface area contributed by atoms with Crippen molar-refractivity contribution in [1.82, 2.24) is 10.6 Å². The van der Waals surface area contributed by atoms with Crippen LogP contribution in [-0.4, -0.2) is 0 Å². The normalized spacial score (nSPS) is 15.9. The molecule has 0 saturated carbocycles. The minimum atomic E-state index is -0.373. The van der Waals surface area contributed by atoms with Gasteiger partial charge in [-0.3, -0.25) is 10.6 Å². The van der Waals surface area contributed by atoms with Crippen molar-refractivity contribution < 1.29 is 0 Å². The monoisotopic (exact) mass is 601 g/mol. The van der Waals surface area contributed by atoms with Crippen LogP contribution in [0.25, 0.3) is 11.1 Å². The van der Waals surface area contributed by atoms with E-state index in [-0.39, 0.29) is 24.5 Å². The fourth-order valence-corrected chi connectivity index (χ4v) is 6.27. The lowest BCUT2D eigenvalue weighted by molar-refractivity contribution is 0.356. The Hall–Kier alpha value is -5.20. The summed E-state index contributed by atoms with van der Waals surface area (Å²) >= 11 is 0.